The summed E-state index contributed by atoms with van der Waals surface area (Å²) in [6, 6.07) is 0. The van der Waals surface area contributed by atoms with Gasteiger partial charge < -0.3 is 4.74 Å². The third kappa shape index (κ3) is 2.81. The van der Waals surface area contributed by atoms with E-state index in [2.05, 4.69) is 4.74 Å². The molecule has 0 N–H and O–H groups in total. The van der Waals surface area contributed by atoms with Crippen molar-refractivity contribution in [1.82, 2.24) is 0 Å². The van der Waals surface area contributed by atoms with Crippen LogP contribution in [-0.4, -0.2) is 17.2 Å². The van der Waals surface area contributed by atoms with Crippen LogP contribution in [0.3, 0.4) is 0 Å². The van der Waals surface area contributed by atoms with E-state index in [9.17, 15) is 18.0 Å². The molecule has 6 heteroatoms. The lowest BCUT2D eigenvalue weighted by molar-refractivity contribution is -0.274. The molecular weight excluding hydrogens is 245 g/mol. The SMILES string of the molecule is CC1(C)CCCC(OC(=O)Cl)(C(F)(F)F)C1. The van der Waals surface area contributed by atoms with Gasteiger partial charge in [0.2, 0.25) is 5.60 Å². The van der Waals surface area contributed by atoms with E-state index in [4.69, 9.17) is 11.6 Å². The Morgan fingerprint density at radius 1 is 1.31 bits per heavy atom. The zero-order valence-corrected chi connectivity index (χ0v) is 9.91. The van der Waals surface area contributed by atoms with Gasteiger partial charge in [0.05, 0.1) is 0 Å². The molecule has 0 aromatic rings. The molecule has 0 saturated heterocycles. The minimum Gasteiger partial charge on any atom is -0.437 e. The van der Waals surface area contributed by atoms with E-state index in [-0.39, 0.29) is 12.8 Å². The van der Waals surface area contributed by atoms with Crippen LogP contribution in [0.25, 0.3) is 0 Å². The largest absolute Gasteiger partial charge is 0.437 e. The molecule has 0 aliphatic heterocycles. The summed E-state index contributed by atoms with van der Waals surface area (Å²) < 4.78 is 43.3. The van der Waals surface area contributed by atoms with E-state index >= 15 is 0 Å². The standard InChI is InChI=1S/C10H14ClF3O2/c1-8(2)4-3-5-9(6-8,10(12,13)14)16-7(11)15/h3-6H2,1-2H3. The Morgan fingerprint density at radius 3 is 2.25 bits per heavy atom. The van der Waals surface area contributed by atoms with Crippen LogP contribution in [0, 0.1) is 5.41 Å². The van der Waals surface area contributed by atoms with Crippen molar-refractivity contribution in [2.75, 3.05) is 0 Å². The molecule has 0 heterocycles. The highest BCUT2D eigenvalue weighted by Crippen LogP contribution is 2.50. The molecular formula is C10H14ClF3O2. The van der Waals surface area contributed by atoms with E-state index in [0.717, 1.165) is 0 Å². The fourth-order valence-corrected chi connectivity index (χ4v) is 2.49. The average Bonchev–Trinajstić information content (AvgIpc) is 1.97. The van der Waals surface area contributed by atoms with E-state index < -0.39 is 22.6 Å². The highest BCUT2D eigenvalue weighted by atomic mass is 35.5. The van der Waals surface area contributed by atoms with Crippen molar-refractivity contribution in [2.45, 2.75) is 51.3 Å². The predicted octanol–water partition coefficient (Wildman–Crippen LogP) is 4.26. The van der Waals surface area contributed by atoms with E-state index in [1.807, 2.05) is 0 Å². The Balaban J connectivity index is 3.00. The van der Waals surface area contributed by atoms with Crippen LogP contribution < -0.4 is 0 Å². The van der Waals surface area contributed by atoms with Gasteiger partial charge in [-0.05, 0) is 24.7 Å². The Kier molecular flexibility index (Phi) is 3.48. The molecule has 1 saturated carbocycles. The van der Waals surface area contributed by atoms with Crippen molar-refractivity contribution in [3.05, 3.63) is 0 Å². The summed E-state index contributed by atoms with van der Waals surface area (Å²) in [6.07, 6.45) is -3.96. The lowest BCUT2D eigenvalue weighted by Gasteiger charge is -2.44. The second-order valence-electron chi connectivity index (χ2n) is 5.03. The number of hydrogen-bond acceptors (Lipinski definition) is 2. The lowest BCUT2D eigenvalue weighted by atomic mass is 9.69. The van der Waals surface area contributed by atoms with Gasteiger partial charge >= 0.3 is 11.6 Å². The Labute approximate surface area is 97.1 Å². The molecule has 2 nitrogen and oxygen atoms in total. The second kappa shape index (κ2) is 4.09. The van der Waals surface area contributed by atoms with Crippen LogP contribution >= 0.6 is 11.6 Å². The van der Waals surface area contributed by atoms with Crippen molar-refractivity contribution in [3.8, 4) is 0 Å². The molecule has 1 rings (SSSR count). The van der Waals surface area contributed by atoms with Gasteiger partial charge in [-0.3, -0.25) is 0 Å². The molecule has 0 radical (unpaired) electrons. The first-order valence-electron chi connectivity index (χ1n) is 5.03. The van der Waals surface area contributed by atoms with Gasteiger partial charge in [-0.1, -0.05) is 13.8 Å². The van der Waals surface area contributed by atoms with Gasteiger partial charge in [0.15, 0.2) is 0 Å². The first kappa shape index (κ1) is 13.6. The maximum atomic E-state index is 13.0. The summed E-state index contributed by atoms with van der Waals surface area (Å²) >= 11 is 4.94. The third-order valence-electron chi connectivity index (χ3n) is 2.99. The first-order valence-corrected chi connectivity index (χ1v) is 5.41. The average molecular weight is 259 g/mol. The number of ether oxygens (including phenoxy) is 1. The molecule has 94 valence electrons. The van der Waals surface area contributed by atoms with Crippen LogP contribution in [0.15, 0.2) is 0 Å². The molecule has 0 bridgehead atoms. The first-order chi connectivity index (χ1) is 7.08. The van der Waals surface area contributed by atoms with Crippen LogP contribution in [-0.2, 0) is 4.74 Å². The minimum atomic E-state index is -4.57. The molecule has 1 unspecified atom stereocenters. The smallest absolute Gasteiger partial charge is 0.428 e. The number of rotatable bonds is 1. The van der Waals surface area contributed by atoms with Crippen molar-refractivity contribution in [3.63, 3.8) is 0 Å². The van der Waals surface area contributed by atoms with Gasteiger partial charge in [-0.25, -0.2) is 4.79 Å². The molecule has 1 atom stereocenters. The summed E-state index contributed by atoms with van der Waals surface area (Å²) in [5.41, 5.74) is -4.30. The van der Waals surface area contributed by atoms with Gasteiger partial charge in [-0.15, -0.1) is 0 Å². The fraction of sp³-hybridized carbons (Fsp3) is 0.900. The van der Waals surface area contributed by atoms with Crippen LogP contribution in [0.2, 0.25) is 0 Å². The number of hydrogen-bond donors (Lipinski definition) is 0. The molecule has 16 heavy (non-hydrogen) atoms. The van der Waals surface area contributed by atoms with Crippen molar-refractivity contribution >= 4 is 17.0 Å². The molecule has 1 aliphatic rings. The highest BCUT2D eigenvalue weighted by Gasteiger charge is 2.61. The summed E-state index contributed by atoms with van der Waals surface area (Å²) in [6.45, 7) is 3.46. The second-order valence-corrected chi connectivity index (χ2v) is 5.33. The molecule has 1 aliphatic carbocycles. The maximum absolute atomic E-state index is 13.0. The Morgan fingerprint density at radius 2 is 1.88 bits per heavy atom. The highest BCUT2D eigenvalue weighted by molar-refractivity contribution is 6.61. The zero-order chi connectivity index (χ0) is 12.6. The molecule has 0 spiro atoms. The molecule has 1 fully saturated rings. The number of alkyl halides is 3. The van der Waals surface area contributed by atoms with Gasteiger partial charge in [0, 0.05) is 18.0 Å². The van der Waals surface area contributed by atoms with Crippen LogP contribution in [0.5, 0.6) is 0 Å². The number of halogens is 4. The third-order valence-corrected chi connectivity index (χ3v) is 3.07. The van der Waals surface area contributed by atoms with E-state index in [1.54, 1.807) is 13.8 Å². The predicted molar refractivity (Wildman–Crippen MR) is 53.4 cm³/mol. The summed E-state index contributed by atoms with van der Waals surface area (Å²) in [5.74, 6) is 0. The van der Waals surface area contributed by atoms with Gasteiger partial charge in [0.1, 0.15) is 0 Å². The van der Waals surface area contributed by atoms with Gasteiger partial charge in [-0.2, -0.15) is 13.2 Å². The van der Waals surface area contributed by atoms with E-state index in [0.29, 0.717) is 12.8 Å². The number of carbonyl (C=O) groups is 1. The normalized spacial score (nSPS) is 29.9. The minimum absolute atomic E-state index is 0.210. The lowest BCUT2D eigenvalue weighted by Crippen LogP contribution is -2.53. The molecule has 0 amide bonds. The Bertz CT molecular complexity index is 288. The molecule has 0 aromatic carbocycles. The monoisotopic (exact) mass is 258 g/mol. The van der Waals surface area contributed by atoms with E-state index in [1.165, 1.54) is 0 Å². The topological polar surface area (TPSA) is 26.3 Å². The van der Waals surface area contributed by atoms with Crippen molar-refractivity contribution < 1.29 is 22.7 Å². The quantitative estimate of drug-likeness (QED) is 0.657. The fourth-order valence-electron chi connectivity index (χ4n) is 2.34. The van der Waals surface area contributed by atoms with Crippen LogP contribution in [0.4, 0.5) is 18.0 Å². The van der Waals surface area contributed by atoms with Gasteiger partial charge in [0.25, 0.3) is 0 Å². The van der Waals surface area contributed by atoms with Crippen molar-refractivity contribution in [2.24, 2.45) is 5.41 Å². The summed E-state index contributed by atoms with van der Waals surface area (Å²) in [4.78, 5) is 10.6. The number of carbonyl (C=O) groups excluding carboxylic acids is 1. The maximum Gasteiger partial charge on any atom is 0.428 e. The Hall–Kier alpha value is -0.450. The molecule has 0 aromatic heterocycles. The van der Waals surface area contributed by atoms with Crippen molar-refractivity contribution in [1.29, 1.82) is 0 Å². The summed E-state index contributed by atoms with van der Waals surface area (Å²) in [7, 11) is 0. The zero-order valence-electron chi connectivity index (χ0n) is 9.16. The van der Waals surface area contributed by atoms with Crippen LogP contribution in [0.1, 0.15) is 39.5 Å². The summed E-state index contributed by atoms with van der Waals surface area (Å²) in [5, 5.41) is 0.